The molecule has 0 unspecified atom stereocenters. The Kier molecular flexibility index (Phi) is 8.18. The number of carbonyl (C=O) groups excluding carboxylic acids is 2. The Morgan fingerprint density at radius 3 is 2.50 bits per heavy atom. The maximum absolute atomic E-state index is 12.1. The van der Waals surface area contributed by atoms with Gasteiger partial charge in [0.05, 0.1) is 24.8 Å². The Bertz CT molecular complexity index is 1180. The summed E-state index contributed by atoms with van der Waals surface area (Å²) >= 11 is 0. The zero-order valence-corrected chi connectivity index (χ0v) is 21.9. The Hall–Kier alpha value is -3.07. The van der Waals surface area contributed by atoms with Crippen molar-refractivity contribution in [1.29, 1.82) is 0 Å². The van der Waals surface area contributed by atoms with Crippen molar-refractivity contribution >= 4 is 22.5 Å². The third-order valence-electron chi connectivity index (χ3n) is 8.17. The van der Waals surface area contributed by atoms with E-state index in [0.717, 1.165) is 47.4 Å². The number of rotatable bonds is 7. The molecule has 2 N–H and O–H groups in total. The van der Waals surface area contributed by atoms with Gasteiger partial charge in [0, 0.05) is 41.6 Å². The van der Waals surface area contributed by atoms with Gasteiger partial charge in [-0.05, 0) is 55.6 Å². The smallest absolute Gasteiger partial charge is 0.252 e. The summed E-state index contributed by atoms with van der Waals surface area (Å²) in [5.41, 5.74) is 6.70. The molecular weight excluding hydrogens is 452 g/mol. The number of hydrogen-bond acceptors (Lipinski definition) is 5. The molecule has 6 heteroatoms. The van der Waals surface area contributed by atoms with Crippen LogP contribution in [0.3, 0.4) is 0 Å². The van der Waals surface area contributed by atoms with Crippen LogP contribution < -0.4 is 15.2 Å². The van der Waals surface area contributed by atoms with E-state index in [1.54, 1.807) is 18.3 Å². The van der Waals surface area contributed by atoms with Crippen LogP contribution in [0.5, 0.6) is 11.6 Å². The highest BCUT2D eigenvalue weighted by molar-refractivity contribution is 6.03. The van der Waals surface area contributed by atoms with Gasteiger partial charge >= 0.3 is 0 Å². The fourth-order valence-electron chi connectivity index (χ4n) is 5.79. The molecule has 2 atom stereocenters. The summed E-state index contributed by atoms with van der Waals surface area (Å²) in [6, 6.07) is 3.49. The second-order valence-corrected chi connectivity index (χ2v) is 10.8. The molecule has 4 rings (SSSR count). The van der Waals surface area contributed by atoms with Crippen LogP contribution in [0.25, 0.3) is 10.8 Å². The second-order valence-electron chi connectivity index (χ2n) is 10.8. The van der Waals surface area contributed by atoms with Gasteiger partial charge in [0.15, 0.2) is 0 Å². The summed E-state index contributed by atoms with van der Waals surface area (Å²) in [7, 11) is 1.51. The number of amides is 1. The highest BCUT2D eigenvalue weighted by Gasteiger charge is 2.32. The van der Waals surface area contributed by atoms with Gasteiger partial charge in [0.1, 0.15) is 11.5 Å². The number of primary amides is 1. The number of nitrogens with two attached hydrogens (primary N) is 1. The topological polar surface area (TPSA) is 91.5 Å². The Labute approximate surface area is 214 Å². The van der Waals surface area contributed by atoms with Crippen molar-refractivity contribution in [2.45, 2.75) is 65.7 Å². The van der Waals surface area contributed by atoms with Crippen molar-refractivity contribution in [3.63, 3.8) is 0 Å². The fraction of sp³-hybridized carbons (Fsp3) is 0.567. The maximum Gasteiger partial charge on any atom is 0.252 e. The van der Waals surface area contributed by atoms with E-state index in [4.69, 9.17) is 15.2 Å². The van der Waals surface area contributed by atoms with E-state index in [2.05, 4.69) is 37.6 Å². The molecule has 36 heavy (non-hydrogen) atoms. The van der Waals surface area contributed by atoms with Crippen molar-refractivity contribution in [2.24, 2.45) is 35.3 Å². The molecule has 2 aliphatic rings. The van der Waals surface area contributed by atoms with Crippen LogP contribution in [0, 0.1) is 41.4 Å². The second kappa shape index (κ2) is 11.3. The number of Topliss-reactive ketones (excluding diaryl/α,β-unsaturated/α-hetero) is 1. The number of fused-ring (bicyclic) bond motifs is 1. The average Bonchev–Trinajstić information content (AvgIpc) is 3.25. The first-order valence-electron chi connectivity index (χ1n) is 13.3. The van der Waals surface area contributed by atoms with Crippen molar-refractivity contribution in [1.82, 2.24) is 4.98 Å². The lowest BCUT2D eigenvalue weighted by Crippen LogP contribution is -2.17. The van der Waals surface area contributed by atoms with Gasteiger partial charge in [-0.2, -0.15) is 0 Å². The summed E-state index contributed by atoms with van der Waals surface area (Å²) < 4.78 is 11.6. The monoisotopic (exact) mass is 490 g/mol. The van der Waals surface area contributed by atoms with Crippen LogP contribution in [0.4, 0.5) is 0 Å². The lowest BCUT2D eigenvalue weighted by atomic mass is 9.77. The van der Waals surface area contributed by atoms with Gasteiger partial charge in [-0.25, -0.2) is 4.98 Å². The van der Waals surface area contributed by atoms with Gasteiger partial charge in [-0.3, -0.25) is 9.59 Å². The maximum atomic E-state index is 12.1. The molecule has 2 fully saturated rings. The first kappa shape index (κ1) is 26.0. The van der Waals surface area contributed by atoms with Crippen LogP contribution in [0.2, 0.25) is 0 Å². The standard InChI is InChI=1S/C30H38N2O4/c1-5-20-12-24(33)13-23(20)17-36-30-26-15-28(35-4)27(29(31)34)14-25(26)22(16-32-30)11-8-19-6-9-21(10-7-19)18(2)3/h14-16,18-21,23H,5-7,9-10,12-13,17H2,1-4H3,(H2,31,34)/t19?,20-,21?,23-/m1/s1. The first-order chi connectivity index (χ1) is 17.3. The zero-order chi connectivity index (χ0) is 25.8. The highest BCUT2D eigenvalue weighted by Crippen LogP contribution is 2.36. The normalized spacial score (nSPS) is 24.0. The van der Waals surface area contributed by atoms with Crippen LogP contribution in [-0.2, 0) is 4.79 Å². The molecule has 0 radical (unpaired) electrons. The molecule has 6 nitrogen and oxygen atoms in total. The molecule has 0 bridgehead atoms. The van der Waals surface area contributed by atoms with Crippen LogP contribution >= 0.6 is 0 Å². The minimum atomic E-state index is -0.561. The molecule has 0 aliphatic heterocycles. The lowest BCUT2D eigenvalue weighted by molar-refractivity contribution is -0.117. The SMILES string of the molecule is CC[C@@H]1CC(=O)C[C@@H]1COc1ncc(C#CC2CCC(C(C)C)CC2)c2cc(C(N)=O)c(OC)cc12. The van der Waals surface area contributed by atoms with E-state index in [0.29, 0.717) is 54.3 Å². The van der Waals surface area contributed by atoms with Gasteiger partial charge in [-0.1, -0.05) is 39.0 Å². The van der Waals surface area contributed by atoms with Crippen molar-refractivity contribution in [3.05, 3.63) is 29.5 Å². The predicted octanol–water partition coefficient (Wildman–Crippen LogP) is 5.54. The number of pyridine rings is 1. The van der Waals surface area contributed by atoms with E-state index < -0.39 is 5.91 Å². The quantitative estimate of drug-likeness (QED) is 0.515. The molecular formula is C30H38N2O4. The summed E-state index contributed by atoms with van der Waals surface area (Å²) in [4.78, 5) is 28.7. The van der Waals surface area contributed by atoms with Gasteiger partial charge in [0.2, 0.25) is 5.88 Å². The van der Waals surface area contributed by atoms with E-state index in [9.17, 15) is 9.59 Å². The molecule has 1 aromatic carbocycles. The largest absolute Gasteiger partial charge is 0.496 e. The number of benzene rings is 1. The average molecular weight is 491 g/mol. The summed E-state index contributed by atoms with van der Waals surface area (Å²) in [6.07, 6.45) is 8.51. The molecule has 1 heterocycles. The number of carbonyl (C=O) groups is 2. The minimum absolute atomic E-state index is 0.187. The number of aromatic nitrogens is 1. The zero-order valence-electron chi connectivity index (χ0n) is 21.9. The van der Waals surface area contributed by atoms with Crippen molar-refractivity contribution < 1.29 is 19.1 Å². The number of ketones is 1. The van der Waals surface area contributed by atoms with Crippen LogP contribution in [0.15, 0.2) is 18.3 Å². The minimum Gasteiger partial charge on any atom is -0.496 e. The van der Waals surface area contributed by atoms with E-state index in [-0.39, 0.29) is 5.92 Å². The lowest BCUT2D eigenvalue weighted by Gasteiger charge is -2.28. The Balaban J connectivity index is 1.65. The van der Waals surface area contributed by atoms with E-state index in [1.165, 1.54) is 20.0 Å². The van der Waals surface area contributed by atoms with E-state index >= 15 is 0 Å². The molecule has 2 aliphatic carbocycles. The third-order valence-corrected chi connectivity index (χ3v) is 8.17. The third kappa shape index (κ3) is 5.67. The summed E-state index contributed by atoms with van der Waals surface area (Å²) in [6.45, 7) is 7.14. The van der Waals surface area contributed by atoms with E-state index in [1.807, 2.05) is 0 Å². The molecule has 1 aromatic heterocycles. The molecule has 2 saturated carbocycles. The Morgan fingerprint density at radius 1 is 1.14 bits per heavy atom. The highest BCUT2D eigenvalue weighted by atomic mass is 16.5. The van der Waals surface area contributed by atoms with Gasteiger partial charge in [-0.15, -0.1) is 0 Å². The number of nitrogens with zero attached hydrogens (tertiary/aromatic N) is 1. The molecule has 0 spiro atoms. The summed E-state index contributed by atoms with van der Waals surface area (Å²) in [5.74, 6) is 9.78. The molecule has 1 amide bonds. The molecule has 2 aromatic rings. The van der Waals surface area contributed by atoms with Crippen LogP contribution in [-0.4, -0.2) is 30.4 Å². The Morgan fingerprint density at radius 2 is 1.86 bits per heavy atom. The predicted molar refractivity (Wildman–Crippen MR) is 141 cm³/mol. The van der Waals surface area contributed by atoms with Crippen molar-refractivity contribution in [3.8, 4) is 23.5 Å². The molecule has 0 saturated heterocycles. The van der Waals surface area contributed by atoms with Crippen LogP contribution in [0.1, 0.15) is 81.6 Å². The summed E-state index contributed by atoms with van der Waals surface area (Å²) in [5, 5.41) is 1.50. The first-order valence-corrected chi connectivity index (χ1v) is 13.3. The van der Waals surface area contributed by atoms with Gasteiger partial charge in [0.25, 0.3) is 5.91 Å². The fourth-order valence-corrected chi connectivity index (χ4v) is 5.79. The number of ether oxygens (including phenoxy) is 2. The number of methoxy groups -OCH3 is 1. The molecule has 192 valence electrons. The van der Waals surface area contributed by atoms with Gasteiger partial charge < -0.3 is 15.2 Å². The number of hydrogen-bond donors (Lipinski definition) is 1. The van der Waals surface area contributed by atoms with Crippen molar-refractivity contribution in [2.75, 3.05) is 13.7 Å².